The van der Waals surface area contributed by atoms with Crippen LogP contribution in [0.4, 0.5) is 0 Å². The quantitative estimate of drug-likeness (QED) is 0.398. The van der Waals surface area contributed by atoms with Crippen LogP contribution < -0.4 is 17.1 Å². The average molecular weight is 185 g/mol. The van der Waals surface area contributed by atoms with Crippen LogP contribution in [0.1, 0.15) is 0 Å². The Morgan fingerprint density at radius 2 is 0.900 bits per heavy atom. The largest absolute Gasteiger partial charge is 0.330 e. The summed E-state index contributed by atoms with van der Waals surface area (Å²) in [5.74, 6) is 0. The predicted molar refractivity (Wildman–Crippen MR) is 28.3 cm³/mol. The third-order valence-corrected chi connectivity index (χ3v) is 0.681. The minimum absolute atomic E-state index is 0. The van der Waals surface area contributed by atoms with E-state index in [1.54, 1.807) is 15.0 Å². The van der Waals surface area contributed by atoms with Gasteiger partial charge in [0.25, 0.3) is 0 Å². The van der Waals surface area contributed by atoms with E-state index in [1.165, 1.54) is 0 Å². The van der Waals surface area contributed by atoms with E-state index in [2.05, 4.69) is 0 Å². The van der Waals surface area contributed by atoms with Crippen molar-refractivity contribution in [3.05, 3.63) is 31.5 Å². The summed E-state index contributed by atoms with van der Waals surface area (Å²) in [6, 6.07) is 0. The third kappa shape index (κ3) is 2.04. The first-order valence-corrected chi connectivity index (χ1v) is 2.11. The molecule has 0 aliphatic rings. The number of aromatic nitrogens is 3. The summed E-state index contributed by atoms with van der Waals surface area (Å²) in [7, 11) is 0. The Kier molecular flexibility index (Phi) is 2.85. The van der Waals surface area contributed by atoms with Crippen LogP contribution in [0.3, 0.4) is 0 Å². The number of rotatable bonds is 0. The molecular weight excluding hydrogens is 182 g/mol. The molecule has 1 rings (SSSR count). The van der Waals surface area contributed by atoms with Crippen molar-refractivity contribution in [3.63, 3.8) is 0 Å². The van der Waals surface area contributed by atoms with Crippen LogP contribution in [0.5, 0.6) is 0 Å². The smallest absolute Gasteiger partial charge is 0.259 e. The normalized spacial score (nSPS) is 8.40. The molecule has 7 heteroatoms. The molecule has 0 bridgehead atoms. The summed E-state index contributed by atoms with van der Waals surface area (Å²) in [5, 5.41) is 0. The number of nitrogens with one attached hydrogen (secondary N) is 3. The SMILES string of the molecule is O=c1[nH]c(=O)[nH]c(=O)[nH]1.[Fe]. The van der Waals surface area contributed by atoms with E-state index in [0.717, 1.165) is 0 Å². The summed E-state index contributed by atoms with van der Waals surface area (Å²) >= 11 is 0. The van der Waals surface area contributed by atoms with Crippen LogP contribution in [0.15, 0.2) is 14.4 Å². The van der Waals surface area contributed by atoms with E-state index >= 15 is 0 Å². The van der Waals surface area contributed by atoms with E-state index in [0.29, 0.717) is 0 Å². The zero-order valence-electron chi connectivity index (χ0n) is 4.58. The third-order valence-electron chi connectivity index (χ3n) is 0.681. The van der Waals surface area contributed by atoms with Crippen molar-refractivity contribution >= 4 is 0 Å². The maximum Gasteiger partial charge on any atom is 0.330 e. The van der Waals surface area contributed by atoms with Crippen LogP contribution in [0.25, 0.3) is 0 Å². The fourth-order valence-electron chi connectivity index (χ4n) is 0.403. The number of hydrogen-bond acceptors (Lipinski definition) is 3. The molecule has 0 atom stereocenters. The van der Waals surface area contributed by atoms with E-state index in [1.807, 2.05) is 0 Å². The van der Waals surface area contributed by atoms with Gasteiger partial charge in [-0.3, -0.25) is 15.0 Å². The van der Waals surface area contributed by atoms with Crippen LogP contribution in [0, 0.1) is 0 Å². The standard InChI is InChI=1S/C3H3N3O3.Fe/c7-1-4-2(8)6-3(9)5-1;/h(H3,4,5,6,7,8,9);. The zero-order valence-corrected chi connectivity index (χ0v) is 5.68. The molecule has 10 heavy (non-hydrogen) atoms. The van der Waals surface area contributed by atoms with Gasteiger partial charge in [0.2, 0.25) is 0 Å². The van der Waals surface area contributed by atoms with Crippen LogP contribution in [-0.4, -0.2) is 15.0 Å². The summed E-state index contributed by atoms with van der Waals surface area (Å²) in [6.07, 6.45) is 0. The Morgan fingerprint density at radius 3 is 1.10 bits per heavy atom. The van der Waals surface area contributed by atoms with Gasteiger partial charge in [-0.25, -0.2) is 14.4 Å². The van der Waals surface area contributed by atoms with Gasteiger partial charge in [0.1, 0.15) is 0 Å². The van der Waals surface area contributed by atoms with E-state index < -0.39 is 17.1 Å². The second kappa shape index (κ2) is 3.19. The molecule has 0 fully saturated rings. The molecule has 1 aromatic heterocycles. The number of hydrogen-bond donors (Lipinski definition) is 3. The minimum atomic E-state index is -0.802. The van der Waals surface area contributed by atoms with E-state index in [9.17, 15) is 14.4 Å². The Bertz CT molecular complexity index is 281. The minimum Gasteiger partial charge on any atom is -0.259 e. The molecule has 0 aliphatic heterocycles. The summed E-state index contributed by atoms with van der Waals surface area (Å²) < 4.78 is 0. The van der Waals surface area contributed by atoms with Crippen molar-refractivity contribution in [1.29, 1.82) is 0 Å². The fourth-order valence-corrected chi connectivity index (χ4v) is 0.403. The molecule has 3 N–H and O–H groups in total. The Balaban J connectivity index is 0.000000810. The van der Waals surface area contributed by atoms with Gasteiger partial charge in [-0.1, -0.05) is 0 Å². The number of H-pyrrole nitrogens is 3. The molecule has 0 saturated carbocycles. The van der Waals surface area contributed by atoms with Gasteiger partial charge in [-0.2, -0.15) is 0 Å². The first-order valence-electron chi connectivity index (χ1n) is 2.11. The fraction of sp³-hybridized carbons (Fsp3) is 0. The van der Waals surface area contributed by atoms with Gasteiger partial charge in [-0.15, -0.1) is 0 Å². The molecular formula is C3H3FeN3O3. The first-order chi connectivity index (χ1) is 4.18. The van der Waals surface area contributed by atoms with Crippen molar-refractivity contribution in [2.75, 3.05) is 0 Å². The van der Waals surface area contributed by atoms with E-state index in [-0.39, 0.29) is 17.1 Å². The predicted octanol–water partition coefficient (Wildman–Crippen LogP) is -2.25. The van der Waals surface area contributed by atoms with Crippen molar-refractivity contribution < 1.29 is 17.1 Å². The van der Waals surface area contributed by atoms with Crippen molar-refractivity contribution in [3.8, 4) is 0 Å². The van der Waals surface area contributed by atoms with Gasteiger partial charge in [0.15, 0.2) is 0 Å². The van der Waals surface area contributed by atoms with Crippen molar-refractivity contribution in [2.24, 2.45) is 0 Å². The maximum atomic E-state index is 10.2. The van der Waals surface area contributed by atoms with Gasteiger partial charge in [0, 0.05) is 17.1 Å². The summed E-state index contributed by atoms with van der Waals surface area (Å²) in [5.41, 5.74) is -2.41. The van der Waals surface area contributed by atoms with Crippen LogP contribution in [0.2, 0.25) is 0 Å². The summed E-state index contributed by atoms with van der Waals surface area (Å²) in [4.78, 5) is 35.9. The van der Waals surface area contributed by atoms with E-state index in [4.69, 9.17) is 0 Å². The van der Waals surface area contributed by atoms with Crippen LogP contribution in [-0.2, 0) is 17.1 Å². The second-order valence-electron chi connectivity index (χ2n) is 1.36. The molecule has 0 aliphatic carbocycles. The van der Waals surface area contributed by atoms with Gasteiger partial charge >= 0.3 is 17.1 Å². The zero-order chi connectivity index (χ0) is 6.85. The maximum absolute atomic E-state index is 10.2. The molecule has 56 valence electrons. The first kappa shape index (κ1) is 8.93. The van der Waals surface area contributed by atoms with Crippen molar-refractivity contribution in [1.82, 2.24) is 15.0 Å². The Morgan fingerprint density at radius 1 is 0.700 bits per heavy atom. The topological polar surface area (TPSA) is 98.6 Å². The Hall–Kier alpha value is -1.07. The van der Waals surface area contributed by atoms with Gasteiger partial charge < -0.3 is 0 Å². The second-order valence-corrected chi connectivity index (χ2v) is 1.36. The Labute approximate surface area is 64.2 Å². The van der Waals surface area contributed by atoms with Crippen LogP contribution >= 0.6 is 0 Å². The molecule has 0 aromatic carbocycles. The van der Waals surface area contributed by atoms with Gasteiger partial charge in [0.05, 0.1) is 0 Å². The molecule has 1 heterocycles. The molecule has 6 nitrogen and oxygen atoms in total. The molecule has 1 aromatic rings. The molecule has 0 unspecified atom stereocenters. The van der Waals surface area contributed by atoms with Gasteiger partial charge in [-0.05, 0) is 0 Å². The molecule has 0 amide bonds. The molecule has 0 radical (unpaired) electrons. The summed E-state index contributed by atoms with van der Waals surface area (Å²) in [6.45, 7) is 0. The molecule has 0 spiro atoms. The monoisotopic (exact) mass is 185 g/mol. The van der Waals surface area contributed by atoms with Crippen molar-refractivity contribution in [2.45, 2.75) is 0 Å². The average Bonchev–Trinajstić information content (AvgIpc) is 1.59. The number of aromatic amines is 3. The molecule has 0 saturated heterocycles.